The fraction of sp³-hybridized carbons (Fsp3) is 0.684. The Bertz CT molecular complexity index is 596. The predicted molar refractivity (Wildman–Crippen MR) is 94.9 cm³/mol. The van der Waals surface area contributed by atoms with Gasteiger partial charge in [0, 0.05) is 37.8 Å². The van der Waals surface area contributed by atoms with Gasteiger partial charge in [-0.05, 0) is 38.3 Å². The number of carbonyl (C=O) groups excluding carboxylic acids is 1. The minimum atomic E-state index is 0.107. The smallest absolute Gasteiger partial charge is 0.222 e. The summed E-state index contributed by atoms with van der Waals surface area (Å²) in [5, 5.41) is 3.24. The summed E-state index contributed by atoms with van der Waals surface area (Å²) in [6, 6.07) is 7.12. The number of nitrogens with one attached hydrogen (secondary N) is 1. The molecule has 2 unspecified atom stereocenters. The molecule has 6 nitrogen and oxygen atoms in total. The number of aromatic nitrogens is 1. The molecule has 1 aromatic rings. The van der Waals surface area contributed by atoms with E-state index in [-0.39, 0.29) is 12.1 Å². The van der Waals surface area contributed by atoms with E-state index >= 15 is 0 Å². The topological polar surface area (TPSA) is 57.7 Å². The Morgan fingerprint density at radius 2 is 2.20 bits per heavy atom. The van der Waals surface area contributed by atoms with Gasteiger partial charge in [-0.2, -0.15) is 0 Å². The van der Waals surface area contributed by atoms with Crippen molar-refractivity contribution in [1.82, 2.24) is 20.1 Å². The molecule has 4 rings (SSSR count). The number of carbonyl (C=O) groups is 1. The van der Waals surface area contributed by atoms with E-state index in [4.69, 9.17) is 4.74 Å². The minimum absolute atomic E-state index is 0.107. The normalized spacial score (nSPS) is 34.8. The third-order valence-electron chi connectivity index (χ3n) is 5.86. The van der Waals surface area contributed by atoms with Gasteiger partial charge in [-0.15, -0.1) is 0 Å². The number of likely N-dealkylation sites (tertiary alicyclic amines) is 1. The highest BCUT2D eigenvalue weighted by Gasteiger charge is 2.40. The van der Waals surface area contributed by atoms with Crippen LogP contribution in [0.15, 0.2) is 24.4 Å². The second kappa shape index (κ2) is 7.40. The molecule has 4 heterocycles. The number of pyridine rings is 1. The van der Waals surface area contributed by atoms with Gasteiger partial charge in [-0.1, -0.05) is 6.07 Å². The fourth-order valence-electron chi connectivity index (χ4n) is 4.66. The van der Waals surface area contributed by atoms with E-state index in [1.807, 2.05) is 12.3 Å². The molecule has 3 aliphatic rings. The highest BCUT2D eigenvalue weighted by atomic mass is 16.5. The van der Waals surface area contributed by atoms with E-state index < -0.39 is 0 Å². The van der Waals surface area contributed by atoms with Crippen molar-refractivity contribution in [3.63, 3.8) is 0 Å². The summed E-state index contributed by atoms with van der Waals surface area (Å²) in [6.07, 6.45) is 5.83. The number of ether oxygens (including phenoxy) is 1. The SMILES string of the molecule is C[C@@H]1COCCN1C1CC(=O)NC(N2CCC[C@@H]2c2ccccn2)C1. The monoisotopic (exact) mass is 344 g/mol. The van der Waals surface area contributed by atoms with Crippen LogP contribution >= 0.6 is 0 Å². The molecule has 0 aromatic carbocycles. The average Bonchev–Trinajstić information content (AvgIpc) is 3.12. The standard InChI is InChI=1S/C19H28N4O2/c1-14-13-25-10-9-22(14)15-11-18(21-19(24)12-15)23-8-4-6-17(23)16-5-2-3-7-20-16/h2-3,5,7,14-15,17-18H,4,6,8-13H2,1H3,(H,21,24)/t14-,15?,17-,18?/m1/s1. The van der Waals surface area contributed by atoms with Gasteiger partial charge in [-0.3, -0.25) is 19.6 Å². The molecule has 0 aliphatic carbocycles. The highest BCUT2D eigenvalue weighted by molar-refractivity contribution is 5.77. The Labute approximate surface area is 149 Å². The zero-order valence-electron chi connectivity index (χ0n) is 14.9. The maximum Gasteiger partial charge on any atom is 0.222 e. The molecule has 25 heavy (non-hydrogen) atoms. The summed E-state index contributed by atoms with van der Waals surface area (Å²) >= 11 is 0. The molecule has 1 aromatic heterocycles. The van der Waals surface area contributed by atoms with Gasteiger partial charge < -0.3 is 10.1 Å². The van der Waals surface area contributed by atoms with Crippen LogP contribution in [0.3, 0.4) is 0 Å². The van der Waals surface area contributed by atoms with Gasteiger partial charge in [0.1, 0.15) is 0 Å². The van der Waals surface area contributed by atoms with Crippen LogP contribution in [0.5, 0.6) is 0 Å². The second-order valence-corrected chi connectivity index (χ2v) is 7.49. The molecule has 6 heteroatoms. The highest BCUT2D eigenvalue weighted by Crippen LogP contribution is 2.34. The molecular formula is C19H28N4O2. The minimum Gasteiger partial charge on any atom is -0.379 e. The lowest BCUT2D eigenvalue weighted by molar-refractivity contribution is -0.130. The van der Waals surface area contributed by atoms with Gasteiger partial charge in [-0.25, -0.2) is 0 Å². The van der Waals surface area contributed by atoms with Crippen LogP contribution in [-0.4, -0.2) is 65.2 Å². The van der Waals surface area contributed by atoms with Crippen molar-refractivity contribution in [2.45, 2.75) is 56.9 Å². The molecule has 4 atom stereocenters. The zero-order chi connectivity index (χ0) is 17.2. The van der Waals surface area contributed by atoms with Crippen molar-refractivity contribution in [3.8, 4) is 0 Å². The summed E-state index contributed by atoms with van der Waals surface area (Å²) in [5.74, 6) is 0.173. The third kappa shape index (κ3) is 3.57. The lowest BCUT2D eigenvalue weighted by atomic mass is 9.97. The van der Waals surface area contributed by atoms with Crippen LogP contribution in [0.2, 0.25) is 0 Å². The first-order valence-corrected chi connectivity index (χ1v) is 9.52. The van der Waals surface area contributed by atoms with Gasteiger partial charge in [0.2, 0.25) is 5.91 Å². The molecule has 0 saturated carbocycles. The average molecular weight is 344 g/mol. The molecule has 1 N–H and O–H groups in total. The number of hydrogen-bond acceptors (Lipinski definition) is 5. The van der Waals surface area contributed by atoms with Crippen LogP contribution in [0.4, 0.5) is 0 Å². The van der Waals surface area contributed by atoms with E-state index in [0.717, 1.165) is 51.3 Å². The molecular weight excluding hydrogens is 316 g/mol. The Kier molecular flexibility index (Phi) is 5.01. The van der Waals surface area contributed by atoms with Crippen molar-refractivity contribution in [2.75, 3.05) is 26.3 Å². The Morgan fingerprint density at radius 3 is 3.00 bits per heavy atom. The molecule has 1 amide bonds. The van der Waals surface area contributed by atoms with Crippen LogP contribution in [0, 0.1) is 0 Å². The molecule has 0 spiro atoms. The van der Waals surface area contributed by atoms with Gasteiger partial charge >= 0.3 is 0 Å². The Morgan fingerprint density at radius 1 is 1.28 bits per heavy atom. The van der Waals surface area contributed by atoms with E-state index in [1.54, 1.807) is 0 Å². The molecule has 136 valence electrons. The van der Waals surface area contributed by atoms with Crippen molar-refractivity contribution < 1.29 is 9.53 Å². The molecule has 3 saturated heterocycles. The van der Waals surface area contributed by atoms with E-state index in [0.29, 0.717) is 24.5 Å². The van der Waals surface area contributed by atoms with E-state index in [2.05, 4.69) is 39.2 Å². The zero-order valence-corrected chi connectivity index (χ0v) is 14.9. The Balaban J connectivity index is 1.50. The first kappa shape index (κ1) is 16.9. The number of rotatable bonds is 3. The largest absolute Gasteiger partial charge is 0.379 e. The van der Waals surface area contributed by atoms with Gasteiger partial charge in [0.15, 0.2) is 0 Å². The number of nitrogens with zero attached hydrogens (tertiary/aromatic N) is 3. The summed E-state index contributed by atoms with van der Waals surface area (Å²) < 4.78 is 5.57. The lowest BCUT2D eigenvalue weighted by Crippen LogP contribution is -2.59. The summed E-state index contributed by atoms with van der Waals surface area (Å²) in [7, 11) is 0. The number of piperidine rings is 1. The second-order valence-electron chi connectivity index (χ2n) is 7.49. The summed E-state index contributed by atoms with van der Waals surface area (Å²) in [4.78, 5) is 21.9. The van der Waals surface area contributed by atoms with E-state index in [9.17, 15) is 4.79 Å². The quantitative estimate of drug-likeness (QED) is 0.901. The van der Waals surface area contributed by atoms with Crippen LogP contribution < -0.4 is 5.32 Å². The predicted octanol–water partition coefficient (Wildman–Crippen LogP) is 1.54. The number of hydrogen-bond donors (Lipinski definition) is 1. The first-order chi connectivity index (χ1) is 12.2. The van der Waals surface area contributed by atoms with Crippen molar-refractivity contribution in [3.05, 3.63) is 30.1 Å². The summed E-state index contributed by atoms with van der Waals surface area (Å²) in [5.41, 5.74) is 1.12. The maximum atomic E-state index is 12.4. The first-order valence-electron chi connectivity index (χ1n) is 9.52. The molecule has 0 bridgehead atoms. The van der Waals surface area contributed by atoms with Crippen LogP contribution in [-0.2, 0) is 9.53 Å². The number of morpholine rings is 1. The molecule has 3 aliphatic heterocycles. The van der Waals surface area contributed by atoms with Crippen molar-refractivity contribution in [2.24, 2.45) is 0 Å². The van der Waals surface area contributed by atoms with Gasteiger partial charge in [0.25, 0.3) is 0 Å². The third-order valence-corrected chi connectivity index (χ3v) is 5.86. The number of amides is 1. The van der Waals surface area contributed by atoms with Crippen molar-refractivity contribution >= 4 is 5.91 Å². The van der Waals surface area contributed by atoms with Crippen molar-refractivity contribution in [1.29, 1.82) is 0 Å². The fourth-order valence-corrected chi connectivity index (χ4v) is 4.66. The van der Waals surface area contributed by atoms with E-state index in [1.165, 1.54) is 0 Å². The van der Waals surface area contributed by atoms with Crippen LogP contribution in [0.1, 0.15) is 44.3 Å². The summed E-state index contributed by atoms with van der Waals surface area (Å²) in [6.45, 7) is 5.69. The molecule has 0 radical (unpaired) electrons. The van der Waals surface area contributed by atoms with Gasteiger partial charge in [0.05, 0.1) is 31.1 Å². The maximum absolute atomic E-state index is 12.4. The lowest BCUT2D eigenvalue weighted by Gasteiger charge is -2.45. The van der Waals surface area contributed by atoms with Crippen LogP contribution in [0.25, 0.3) is 0 Å². The Hall–Kier alpha value is -1.50. The molecule has 3 fully saturated rings.